The quantitative estimate of drug-likeness (QED) is 0.859. The van der Waals surface area contributed by atoms with Crippen LogP contribution in [0.5, 0.6) is 0 Å². The lowest BCUT2D eigenvalue weighted by molar-refractivity contribution is -0.133. The number of piperidine rings is 1. The maximum Gasteiger partial charge on any atom is 0.410 e. The molecule has 0 bridgehead atoms. The predicted molar refractivity (Wildman–Crippen MR) is 91.0 cm³/mol. The van der Waals surface area contributed by atoms with Crippen LogP contribution in [0.3, 0.4) is 0 Å². The zero-order valence-electron chi connectivity index (χ0n) is 15.5. The third-order valence-electron chi connectivity index (χ3n) is 4.12. The molecule has 0 aliphatic carbocycles. The Morgan fingerprint density at radius 3 is 2.43 bits per heavy atom. The minimum atomic E-state index is -0.513. The molecule has 1 fully saturated rings. The van der Waals surface area contributed by atoms with E-state index >= 15 is 0 Å². The van der Waals surface area contributed by atoms with Crippen molar-refractivity contribution in [2.24, 2.45) is 11.7 Å². The molecule has 1 saturated heterocycles. The summed E-state index contributed by atoms with van der Waals surface area (Å²) in [6.45, 7) is 10.6. The number of nitrogens with two attached hydrogens (primary N) is 1. The summed E-state index contributed by atoms with van der Waals surface area (Å²) in [6.07, 6.45) is 2.62. The minimum absolute atomic E-state index is 0.00749. The van der Waals surface area contributed by atoms with Gasteiger partial charge in [0.15, 0.2) is 0 Å². The molecule has 2 N–H and O–H groups in total. The van der Waals surface area contributed by atoms with Crippen molar-refractivity contribution in [3.8, 4) is 0 Å². The summed E-state index contributed by atoms with van der Waals surface area (Å²) in [6, 6.07) is -0.509. The lowest BCUT2D eigenvalue weighted by atomic mass is 10.0. The van der Waals surface area contributed by atoms with Crippen LogP contribution in [-0.4, -0.2) is 59.6 Å². The lowest BCUT2D eigenvalue weighted by Gasteiger charge is -2.39. The number of amides is 2. The number of rotatable bonds is 4. The third kappa shape index (κ3) is 6.01. The molecule has 1 aliphatic rings. The molecular weight excluding hydrogens is 294 g/mol. The number of ether oxygens (including phenoxy) is 1. The van der Waals surface area contributed by atoms with E-state index in [9.17, 15) is 9.59 Å². The molecule has 0 aromatic carbocycles. The number of carbonyl (C=O) groups excluding carboxylic acids is 2. The van der Waals surface area contributed by atoms with Crippen LogP contribution in [0.15, 0.2) is 0 Å². The zero-order valence-corrected chi connectivity index (χ0v) is 15.5. The fourth-order valence-electron chi connectivity index (χ4n) is 2.70. The molecule has 0 unspecified atom stereocenters. The van der Waals surface area contributed by atoms with Gasteiger partial charge in [0.1, 0.15) is 5.60 Å². The summed E-state index contributed by atoms with van der Waals surface area (Å²) in [5.41, 5.74) is 5.43. The van der Waals surface area contributed by atoms with E-state index < -0.39 is 11.6 Å². The fraction of sp³-hybridized carbons (Fsp3) is 0.882. The standard InChI is InChI=1S/C17H33N3O3/c1-12(2)14(18)15(21)19(6)11-13-9-7-8-10-20(13)16(22)23-17(3,4)5/h12-14H,7-11,18H2,1-6H3/t13-,14-/m0/s1. The Morgan fingerprint density at radius 1 is 1.30 bits per heavy atom. The number of likely N-dealkylation sites (N-methyl/N-ethyl adjacent to an activating group) is 1. The Balaban J connectivity index is 2.71. The Bertz CT molecular complexity index is 418. The van der Waals surface area contributed by atoms with E-state index in [0.717, 1.165) is 19.3 Å². The molecule has 6 nitrogen and oxygen atoms in total. The molecule has 1 rings (SSSR count). The highest BCUT2D eigenvalue weighted by molar-refractivity contribution is 5.81. The first-order valence-corrected chi connectivity index (χ1v) is 8.53. The largest absolute Gasteiger partial charge is 0.444 e. The summed E-state index contributed by atoms with van der Waals surface area (Å²) < 4.78 is 5.49. The first-order valence-electron chi connectivity index (χ1n) is 8.53. The minimum Gasteiger partial charge on any atom is -0.444 e. The second kappa shape index (κ2) is 7.99. The molecule has 0 saturated carbocycles. The summed E-state index contributed by atoms with van der Waals surface area (Å²) in [5, 5.41) is 0. The van der Waals surface area contributed by atoms with Crippen LogP contribution in [0.4, 0.5) is 4.79 Å². The molecule has 1 heterocycles. The highest BCUT2D eigenvalue weighted by Gasteiger charge is 2.32. The first-order chi connectivity index (χ1) is 10.5. The van der Waals surface area contributed by atoms with Crippen molar-refractivity contribution in [1.29, 1.82) is 0 Å². The lowest BCUT2D eigenvalue weighted by Crippen LogP contribution is -2.53. The van der Waals surface area contributed by atoms with E-state index in [-0.39, 0.29) is 24.0 Å². The van der Waals surface area contributed by atoms with Gasteiger partial charge in [0, 0.05) is 20.1 Å². The van der Waals surface area contributed by atoms with Gasteiger partial charge in [0.25, 0.3) is 0 Å². The van der Waals surface area contributed by atoms with E-state index in [4.69, 9.17) is 10.5 Å². The van der Waals surface area contributed by atoms with Crippen LogP contribution >= 0.6 is 0 Å². The topological polar surface area (TPSA) is 75.9 Å². The monoisotopic (exact) mass is 327 g/mol. The average molecular weight is 327 g/mol. The summed E-state index contributed by atoms with van der Waals surface area (Å²) in [7, 11) is 1.76. The molecular formula is C17H33N3O3. The summed E-state index contributed by atoms with van der Waals surface area (Å²) >= 11 is 0. The smallest absolute Gasteiger partial charge is 0.410 e. The van der Waals surface area contributed by atoms with Gasteiger partial charge in [0.05, 0.1) is 12.1 Å². The van der Waals surface area contributed by atoms with Crippen molar-refractivity contribution in [2.45, 2.75) is 71.6 Å². The van der Waals surface area contributed by atoms with E-state index in [2.05, 4.69) is 0 Å². The number of likely N-dealkylation sites (tertiary alicyclic amines) is 1. The van der Waals surface area contributed by atoms with Gasteiger partial charge in [-0.25, -0.2) is 4.79 Å². The van der Waals surface area contributed by atoms with Crippen molar-refractivity contribution in [1.82, 2.24) is 9.80 Å². The Labute approximate surface area is 140 Å². The van der Waals surface area contributed by atoms with Crippen molar-refractivity contribution in [2.75, 3.05) is 20.1 Å². The van der Waals surface area contributed by atoms with Crippen LogP contribution in [0.25, 0.3) is 0 Å². The normalized spacial score (nSPS) is 20.3. The van der Waals surface area contributed by atoms with Crippen molar-refractivity contribution in [3.63, 3.8) is 0 Å². The predicted octanol–water partition coefficient (Wildman–Crippen LogP) is 2.22. The van der Waals surface area contributed by atoms with E-state index in [0.29, 0.717) is 13.1 Å². The second-order valence-electron chi connectivity index (χ2n) is 7.81. The Morgan fingerprint density at radius 2 is 1.91 bits per heavy atom. The van der Waals surface area contributed by atoms with Gasteiger partial charge in [-0.15, -0.1) is 0 Å². The van der Waals surface area contributed by atoms with Gasteiger partial charge in [-0.1, -0.05) is 13.8 Å². The molecule has 0 radical (unpaired) electrons. The van der Waals surface area contributed by atoms with Gasteiger partial charge < -0.3 is 20.3 Å². The molecule has 0 spiro atoms. The third-order valence-corrected chi connectivity index (χ3v) is 4.12. The molecule has 6 heteroatoms. The number of nitrogens with zero attached hydrogens (tertiary/aromatic N) is 2. The van der Waals surface area contributed by atoms with Gasteiger partial charge in [-0.2, -0.15) is 0 Å². The molecule has 2 amide bonds. The molecule has 134 valence electrons. The van der Waals surface area contributed by atoms with Gasteiger partial charge in [-0.05, 0) is 46.0 Å². The van der Waals surface area contributed by atoms with E-state index in [1.807, 2.05) is 34.6 Å². The van der Waals surface area contributed by atoms with Crippen LogP contribution in [0.1, 0.15) is 53.9 Å². The fourth-order valence-corrected chi connectivity index (χ4v) is 2.70. The van der Waals surface area contributed by atoms with Crippen LogP contribution in [0, 0.1) is 5.92 Å². The maximum absolute atomic E-state index is 12.4. The van der Waals surface area contributed by atoms with Gasteiger partial charge >= 0.3 is 6.09 Å². The summed E-state index contributed by atoms with van der Waals surface area (Å²) in [4.78, 5) is 28.1. The Kier molecular flexibility index (Phi) is 6.86. The average Bonchev–Trinajstić information content (AvgIpc) is 2.44. The van der Waals surface area contributed by atoms with Gasteiger partial charge in [0.2, 0.25) is 5.91 Å². The first kappa shape index (κ1) is 19.7. The van der Waals surface area contributed by atoms with Crippen molar-refractivity contribution in [3.05, 3.63) is 0 Å². The SMILES string of the molecule is CC(C)[C@H](N)C(=O)N(C)C[C@@H]1CCCCN1C(=O)OC(C)(C)C. The van der Waals surface area contributed by atoms with Crippen LogP contribution in [0.2, 0.25) is 0 Å². The van der Waals surface area contributed by atoms with Gasteiger partial charge in [-0.3, -0.25) is 4.79 Å². The molecule has 23 heavy (non-hydrogen) atoms. The molecule has 0 aromatic heterocycles. The summed E-state index contributed by atoms with van der Waals surface area (Å²) in [5.74, 6) is 0.0213. The highest BCUT2D eigenvalue weighted by Crippen LogP contribution is 2.21. The molecule has 1 aliphatic heterocycles. The van der Waals surface area contributed by atoms with Crippen molar-refractivity contribution >= 4 is 12.0 Å². The highest BCUT2D eigenvalue weighted by atomic mass is 16.6. The maximum atomic E-state index is 12.4. The van der Waals surface area contributed by atoms with E-state index in [1.54, 1.807) is 16.8 Å². The van der Waals surface area contributed by atoms with Crippen molar-refractivity contribution < 1.29 is 14.3 Å². The number of hydrogen-bond acceptors (Lipinski definition) is 4. The molecule has 2 atom stereocenters. The molecule has 0 aromatic rings. The number of hydrogen-bond donors (Lipinski definition) is 1. The van der Waals surface area contributed by atoms with E-state index in [1.165, 1.54) is 0 Å². The second-order valence-corrected chi connectivity index (χ2v) is 7.81. The Hall–Kier alpha value is -1.30. The zero-order chi connectivity index (χ0) is 17.8. The number of carbonyl (C=O) groups is 2. The van der Waals surface area contributed by atoms with Crippen LogP contribution in [-0.2, 0) is 9.53 Å². The van der Waals surface area contributed by atoms with Crippen LogP contribution < -0.4 is 5.73 Å².